The van der Waals surface area contributed by atoms with Crippen LogP contribution in [0.25, 0.3) is 0 Å². The van der Waals surface area contributed by atoms with Crippen molar-refractivity contribution >= 4 is 17.3 Å². The molecule has 1 atom stereocenters. The number of hydrogen-bond acceptors (Lipinski definition) is 1. The van der Waals surface area contributed by atoms with Gasteiger partial charge in [-0.2, -0.15) is 0 Å². The minimum Gasteiger partial charge on any atom is -0.320 e. The number of nitrogens with zero attached hydrogens (tertiary/aromatic N) is 1. The minimum atomic E-state index is -0.0759. The molecule has 1 aromatic carbocycles. The van der Waals surface area contributed by atoms with Gasteiger partial charge in [-0.3, -0.25) is 0 Å². The van der Waals surface area contributed by atoms with E-state index >= 15 is 0 Å². The zero-order valence-electron chi connectivity index (χ0n) is 9.02. The predicted molar refractivity (Wildman–Crippen MR) is 68.5 cm³/mol. The van der Waals surface area contributed by atoms with Gasteiger partial charge in [0.25, 0.3) is 0 Å². The molecule has 1 aliphatic heterocycles. The topological polar surface area (TPSA) is 3.24 Å². The maximum atomic E-state index is 6.34. The molecule has 0 N–H and O–H groups in total. The summed E-state index contributed by atoms with van der Waals surface area (Å²) in [5, 5.41) is 0. The summed E-state index contributed by atoms with van der Waals surface area (Å²) in [6, 6.07) is 10.3. The molecule has 1 nitrogen and oxygen atoms in total. The second kappa shape index (κ2) is 3.53. The number of allylic oxidation sites excluding steroid dienone is 3. The second-order valence-corrected chi connectivity index (χ2v) is 4.57. The first-order chi connectivity index (χ1) is 7.75. The summed E-state index contributed by atoms with van der Waals surface area (Å²) in [5.41, 5.74) is 4.80. The van der Waals surface area contributed by atoms with Gasteiger partial charge in [0.15, 0.2) is 0 Å². The van der Waals surface area contributed by atoms with Crippen molar-refractivity contribution in [1.29, 1.82) is 0 Å². The number of para-hydroxylation sites is 1. The normalized spacial score (nSPS) is 22.8. The Bertz CT molecular complexity index is 511. The molecule has 0 spiro atoms. The summed E-state index contributed by atoms with van der Waals surface area (Å²) in [6.07, 6.45) is 6.45. The third-order valence-electron chi connectivity index (χ3n) is 2.90. The number of fused-ring (bicyclic) bond motifs is 1. The van der Waals surface area contributed by atoms with Crippen molar-refractivity contribution in [3.05, 3.63) is 65.4 Å². The molecule has 80 valence electrons. The highest BCUT2D eigenvalue weighted by Gasteiger charge is 2.29. The quantitative estimate of drug-likeness (QED) is 0.523. The van der Waals surface area contributed by atoms with E-state index < -0.39 is 0 Å². The average Bonchev–Trinajstić information content (AvgIpc) is 2.74. The average molecular weight is 230 g/mol. The Hall–Kier alpha value is -1.47. The Labute approximate surface area is 100 Å². The number of halogens is 1. The van der Waals surface area contributed by atoms with Crippen LogP contribution in [0.15, 0.2) is 65.4 Å². The fourth-order valence-electron chi connectivity index (χ4n) is 2.23. The molecule has 1 heterocycles. The van der Waals surface area contributed by atoms with Gasteiger partial charge in [-0.15, -0.1) is 0 Å². The third-order valence-corrected chi connectivity index (χ3v) is 3.22. The number of rotatable bonds is 1. The summed E-state index contributed by atoms with van der Waals surface area (Å²) >= 11 is 6.34. The fraction of sp³-hybridized carbons (Fsp3) is 0.143. The lowest BCUT2D eigenvalue weighted by Crippen LogP contribution is -2.23. The first-order valence-corrected chi connectivity index (χ1v) is 5.80. The van der Waals surface area contributed by atoms with Crippen molar-refractivity contribution < 1.29 is 0 Å². The van der Waals surface area contributed by atoms with Crippen LogP contribution in [0.4, 0.5) is 5.69 Å². The molecular weight excluding hydrogens is 218 g/mol. The summed E-state index contributed by atoms with van der Waals surface area (Å²) < 4.78 is 0. The van der Waals surface area contributed by atoms with Gasteiger partial charge in [0.05, 0.1) is 5.70 Å². The van der Waals surface area contributed by atoms with Gasteiger partial charge in [0.2, 0.25) is 0 Å². The molecular formula is C14H12ClN. The van der Waals surface area contributed by atoms with Crippen molar-refractivity contribution in [1.82, 2.24) is 0 Å². The fourth-order valence-corrected chi connectivity index (χ4v) is 2.58. The smallest absolute Gasteiger partial charge is 0.128 e. The summed E-state index contributed by atoms with van der Waals surface area (Å²) in [4.78, 5) is 2.16. The maximum Gasteiger partial charge on any atom is 0.128 e. The predicted octanol–water partition coefficient (Wildman–Crippen LogP) is 3.84. The highest BCUT2D eigenvalue weighted by Crippen LogP contribution is 2.39. The summed E-state index contributed by atoms with van der Waals surface area (Å²) in [6.45, 7) is 2.11. The van der Waals surface area contributed by atoms with E-state index in [1.807, 2.05) is 18.2 Å². The van der Waals surface area contributed by atoms with Gasteiger partial charge >= 0.3 is 0 Å². The first kappa shape index (κ1) is 9.73. The summed E-state index contributed by atoms with van der Waals surface area (Å²) in [7, 11) is 0. The van der Waals surface area contributed by atoms with E-state index in [1.165, 1.54) is 16.8 Å². The van der Waals surface area contributed by atoms with E-state index in [4.69, 9.17) is 11.6 Å². The Kier molecular flexibility index (Phi) is 2.15. The highest BCUT2D eigenvalue weighted by molar-refractivity contribution is 6.24. The highest BCUT2D eigenvalue weighted by atomic mass is 35.5. The Balaban J connectivity index is 2.03. The van der Waals surface area contributed by atoms with E-state index in [1.54, 1.807) is 0 Å². The van der Waals surface area contributed by atoms with Crippen molar-refractivity contribution in [2.45, 2.75) is 12.4 Å². The third kappa shape index (κ3) is 1.40. The van der Waals surface area contributed by atoms with Crippen LogP contribution in [0, 0.1) is 0 Å². The van der Waals surface area contributed by atoms with Gasteiger partial charge < -0.3 is 4.90 Å². The molecule has 16 heavy (non-hydrogen) atoms. The molecule has 0 radical (unpaired) electrons. The Morgan fingerprint density at radius 1 is 1.12 bits per heavy atom. The lowest BCUT2D eigenvalue weighted by molar-refractivity contribution is 1.02. The van der Waals surface area contributed by atoms with Crippen LogP contribution in [-0.2, 0) is 0 Å². The minimum absolute atomic E-state index is 0.0759. The van der Waals surface area contributed by atoms with Crippen LogP contribution in [0.5, 0.6) is 0 Å². The van der Waals surface area contributed by atoms with Crippen molar-refractivity contribution in [2.24, 2.45) is 0 Å². The largest absolute Gasteiger partial charge is 0.320 e. The van der Waals surface area contributed by atoms with Gasteiger partial charge in [-0.05, 0) is 42.4 Å². The molecule has 3 rings (SSSR count). The molecule has 0 aromatic heterocycles. The maximum absolute atomic E-state index is 6.34. The number of alkyl halides is 1. The Morgan fingerprint density at radius 3 is 2.62 bits per heavy atom. The molecule has 0 amide bonds. The van der Waals surface area contributed by atoms with E-state index in [2.05, 4.69) is 42.2 Å². The molecule has 0 bridgehead atoms. The van der Waals surface area contributed by atoms with Gasteiger partial charge in [-0.25, -0.2) is 0 Å². The standard InChI is InChI=1S/C14H12ClN/c1-10-7-11-9-14(15)16(13(11)8-10)12-5-3-2-4-6-12/h2-9,14H,1H3. The molecule has 2 heteroatoms. The first-order valence-electron chi connectivity index (χ1n) is 5.36. The number of hydrogen-bond donors (Lipinski definition) is 0. The van der Waals surface area contributed by atoms with Crippen molar-refractivity contribution in [3.8, 4) is 0 Å². The molecule has 0 fully saturated rings. The van der Waals surface area contributed by atoms with E-state index in [-0.39, 0.29) is 5.50 Å². The van der Waals surface area contributed by atoms with Gasteiger partial charge in [0, 0.05) is 5.69 Å². The monoisotopic (exact) mass is 229 g/mol. The molecule has 1 aromatic rings. The molecule has 1 aliphatic carbocycles. The van der Waals surface area contributed by atoms with Crippen LogP contribution in [0.3, 0.4) is 0 Å². The zero-order valence-corrected chi connectivity index (χ0v) is 9.78. The van der Waals surface area contributed by atoms with Crippen LogP contribution < -0.4 is 4.90 Å². The lowest BCUT2D eigenvalue weighted by Gasteiger charge is -2.24. The zero-order chi connectivity index (χ0) is 11.1. The number of anilines is 1. The van der Waals surface area contributed by atoms with E-state index in [0.29, 0.717) is 0 Å². The lowest BCUT2D eigenvalue weighted by atomic mass is 10.2. The molecule has 0 saturated heterocycles. The van der Waals surface area contributed by atoms with Crippen molar-refractivity contribution in [2.75, 3.05) is 4.90 Å². The van der Waals surface area contributed by atoms with Crippen molar-refractivity contribution in [3.63, 3.8) is 0 Å². The van der Waals surface area contributed by atoms with E-state index in [0.717, 1.165) is 5.69 Å². The summed E-state index contributed by atoms with van der Waals surface area (Å²) in [5.74, 6) is 0. The van der Waals surface area contributed by atoms with E-state index in [9.17, 15) is 0 Å². The SMILES string of the molecule is CC1=CC2=CC(Cl)N(c3ccccc3)C2=C1. The molecule has 2 aliphatic rings. The molecule has 0 saturated carbocycles. The van der Waals surface area contributed by atoms with Gasteiger partial charge in [0.1, 0.15) is 5.50 Å². The number of benzene rings is 1. The Morgan fingerprint density at radius 2 is 1.88 bits per heavy atom. The van der Waals surface area contributed by atoms with Gasteiger partial charge in [-0.1, -0.05) is 35.9 Å². The van der Waals surface area contributed by atoms with Crippen LogP contribution in [-0.4, -0.2) is 5.50 Å². The van der Waals surface area contributed by atoms with Crippen LogP contribution >= 0.6 is 11.6 Å². The van der Waals surface area contributed by atoms with Crippen LogP contribution in [0.2, 0.25) is 0 Å². The van der Waals surface area contributed by atoms with Crippen LogP contribution in [0.1, 0.15) is 6.92 Å². The second-order valence-electron chi connectivity index (χ2n) is 4.12. The molecule has 1 unspecified atom stereocenters.